The highest BCUT2D eigenvalue weighted by Crippen LogP contribution is 2.19. The molecule has 0 atom stereocenters. The first-order valence-electron chi connectivity index (χ1n) is 5.94. The highest BCUT2D eigenvalue weighted by molar-refractivity contribution is 8.22. The van der Waals surface area contributed by atoms with Crippen molar-refractivity contribution < 1.29 is 9.53 Å². The van der Waals surface area contributed by atoms with Crippen LogP contribution in [0.15, 0.2) is 0 Å². The van der Waals surface area contributed by atoms with Crippen molar-refractivity contribution in [1.82, 2.24) is 4.90 Å². The smallest absolute Gasteiger partial charge is 0.139 e. The highest BCUT2D eigenvalue weighted by Gasteiger charge is 2.21. The summed E-state index contributed by atoms with van der Waals surface area (Å²) in [7, 11) is 0. The van der Waals surface area contributed by atoms with Crippen LogP contribution in [0.4, 0.5) is 0 Å². The molecule has 1 rings (SSSR count). The number of ether oxygens (including phenoxy) is 1. The predicted molar refractivity (Wildman–Crippen MR) is 76.5 cm³/mol. The molecular formula is C12H21NO2S2. The fourth-order valence-corrected chi connectivity index (χ4v) is 2.70. The Bertz CT molecular complexity index is 281. The van der Waals surface area contributed by atoms with E-state index in [1.807, 2.05) is 20.8 Å². The Kier molecular flexibility index (Phi) is 5.89. The molecule has 0 aromatic rings. The second-order valence-corrected chi connectivity index (χ2v) is 6.87. The van der Waals surface area contributed by atoms with Crippen molar-refractivity contribution in [3.05, 3.63) is 0 Å². The Morgan fingerprint density at radius 2 is 1.94 bits per heavy atom. The van der Waals surface area contributed by atoms with Gasteiger partial charge in [-0.3, -0.25) is 4.79 Å². The number of rotatable bonds is 3. The normalized spacial score (nSPS) is 17.0. The van der Waals surface area contributed by atoms with Crippen molar-refractivity contribution in [2.45, 2.75) is 27.2 Å². The van der Waals surface area contributed by atoms with Gasteiger partial charge in [0.25, 0.3) is 0 Å². The van der Waals surface area contributed by atoms with E-state index in [4.69, 9.17) is 17.0 Å². The van der Waals surface area contributed by atoms with Gasteiger partial charge in [-0.05, 0) is 0 Å². The van der Waals surface area contributed by atoms with Crippen LogP contribution < -0.4 is 0 Å². The van der Waals surface area contributed by atoms with Gasteiger partial charge >= 0.3 is 0 Å². The molecule has 0 unspecified atom stereocenters. The molecule has 0 aromatic heterocycles. The van der Waals surface area contributed by atoms with Gasteiger partial charge in [0.2, 0.25) is 0 Å². The zero-order chi connectivity index (χ0) is 12.9. The SMILES string of the molecule is CC(C)(C)C(=O)CCSC(=S)N1CCOCC1. The summed E-state index contributed by atoms with van der Waals surface area (Å²) >= 11 is 6.95. The van der Waals surface area contributed by atoms with Crippen molar-refractivity contribution in [2.24, 2.45) is 5.41 Å². The van der Waals surface area contributed by atoms with Crippen LogP contribution in [0.5, 0.6) is 0 Å². The molecule has 0 bridgehead atoms. The molecule has 1 fully saturated rings. The summed E-state index contributed by atoms with van der Waals surface area (Å²) in [6, 6.07) is 0. The Balaban J connectivity index is 2.22. The first-order chi connectivity index (χ1) is 7.91. The molecule has 0 aliphatic carbocycles. The van der Waals surface area contributed by atoms with Gasteiger partial charge in [-0.1, -0.05) is 44.8 Å². The van der Waals surface area contributed by atoms with E-state index in [0.29, 0.717) is 12.2 Å². The van der Waals surface area contributed by atoms with Crippen molar-refractivity contribution in [3.8, 4) is 0 Å². The third kappa shape index (κ3) is 5.36. The fraction of sp³-hybridized carbons (Fsp3) is 0.833. The summed E-state index contributed by atoms with van der Waals surface area (Å²) in [5.74, 6) is 1.08. The van der Waals surface area contributed by atoms with Crippen molar-refractivity contribution in [2.75, 3.05) is 32.1 Å². The van der Waals surface area contributed by atoms with E-state index >= 15 is 0 Å². The lowest BCUT2D eigenvalue weighted by Crippen LogP contribution is -2.38. The number of thioether (sulfide) groups is 1. The van der Waals surface area contributed by atoms with Gasteiger partial charge in [-0.25, -0.2) is 0 Å². The number of nitrogens with zero attached hydrogens (tertiary/aromatic N) is 1. The fourth-order valence-electron chi connectivity index (χ4n) is 1.44. The number of carbonyl (C=O) groups excluding carboxylic acids is 1. The lowest BCUT2D eigenvalue weighted by molar-refractivity contribution is -0.125. The van der Waals surface area contributed by atoms with Gasteiger partial charge in [0.1, 0.15) is 10.1 Å². The molecular weight excluding hydrogens is 254 g/mol. The summed E-state index contributed by atoms with van der Waals surface area (Å²) in [4.78, 5) is 13.9. The van der Waals surface area contributed by atoms with Crippen LogP contribution >= 0.6 is 24.0 Å². The van der Waals surface area contributed by atoms with Gasteiger partial charge in [0.15, 0.2) is 0 Å². The van der Waals surface area contributed by atoms with Gasteiger partial charge in [-0.2, -0.15) is 0 Å². The van der Waals surface area contributed by atoms with E-state index < -0.39 is 0 Å². The first-order valence-corrected chi connectivity index (χ1v) is 7.33. The topological polar surface area (TPSA) is 29.5 Å². The number of ketones is 1. The van der Waals surface area contributed by atoms with Crippen molar-refractivity contribution in [3.63, 3.8) is 0 Å². The second-order valence-electron chi connectivity index (χ2n) is 5.14. The van der Waals surface area contributed by atoms with Gasteiger partial charge in [0, 0.05) is 30.7 Å². The van der Waals surface area contributed by atoms with Crippen LogP contribution in [0.2, 0.25) is 0 Å². The Hall–Kier alpha value is -0.130. The van der Waals surface area contributed by atoms with E-state index in [9.17, 15) is 4.79 Å². The average Bonchev–Trinajstić information content (AvgIpc) is 2.28. The molecule has 5 heteroatoms. The molecule has 1 aliphatic rings. The Morgan fingerprint density at radius 1 is 1.35 bits per heavy atom. The molecule has 0 amide bonds. The molecule has 98 valence electrons. The summed E-state index contributed by atoms with van der Waals surface area (Å²) in [5.41, 5.74) is -0.235. The Labute approximate surface area is 113 Å². The lowest BCUT2D eigenvalue weighted by atomic mass is 9.89. The summed E-state index contributed by atoms with van der Waals surface area (Å²) in [5, 5.41) is 0. The van der Waals surface area contributed by atoms with E-state index in [2.05, 4.69) is 4.90 Å². The molecule has 17 heavy (non-hydrogen) atoms. The molecule has 0 spiro atoms. The molecule has 3 nitrogen and oxygen atoms in total. The van der Waals surface area contributed by atoms with E-state index in [-0.39, 0.29) is 5.41 Å². The second kappa shape index (κ2) is 6.71. The molecule has 0 saturated carbocycles. The largest absolute Gasteiger partial charge is 0.378 e. The van der Waals surface area contributed by atoms with Gasteiger partial charge in [-0.15, -0.1) is 0 Å². The van der Waals surface area contributed by atoms with E-state index in [1.165, 1.54) is 0 Å². The minimum absolute atomic E-state index is 0.235. The minimum atomic E-state index is -0.235. The maximum absolute atomic E-state index is 11.7. The van der Waals surface area contributed by atoms with E-state index in [0.717, 1.165) is 36.4 Å². The Morgan fingerprint density at radius 3 is 2.47 bits per heavy atom. The van der Waals surface area contributed by atoms with Crippen LogP contribution in [0.1, 0.15) is 27.2 Å². The average molecular weight is 275 g/mol. The third-order valence-corrected chi connectivity index (χ3v) is 4.19. The molecule has 0 radical (unpaired) electrons. The highest BCUT2D eigenvalue weighted by atomic mass is 32.2. The molecule has 1 aliphatic heterocycles. The quantitative estimate of drug-likeness (QED) is 0.738. The monoisotopic (exact) mass is 275 g/mol. The van der Waals surface area contributed by atoms with E-state index in [1.54, 1.807) is 11.8 Å². The zero-order valence-electron chi connectivity index (χ0n) is 10.8. The number of hydrogen-bond acceptors (Lipinski definition) is 4. The minimum Gasteiger partial charge on any atom is -0.378 e. The van der Waals surface area contributed by atoms with Crippen LogP contribution in [0.25, 0.3) is 0 Å². The predicted octanol–water partition coefficient (Wildman–Crippen LogP) is 2.34. The number of hydrogen-bond donors (Lipinski definition) is 0. The van der Waals surface area contributed by atoms with Gasteiger partial charge in [0.05, 0.1) is 13.2 Å². The molecule has 0 aromatic carbocycles. The molecule has 0 N–H and O–H groups in total. The summed E-state index contributed by atoms with van der Waals surface area (Å²) < 4.78 is 6.17. The van der Waals surface area contributed by atoms with Crippen molar-refractivity contribution in [1.29, 1.82) is 0 Å². The summed E-state index contributed by atoms with van der Waals surface area (Å²) in [6.45, 7) is 9.13. The zero-order valence-corrected chi connectivity index (χ0v) is 12.5. The maximum Gasteiger partial charge on any atom is 0.139 e. The van der Waals surface area contributed by atoms with Crippen LogP contribution in [-0.2, 0) is 9.53 Å². The van der Waals surface area contributed by atoms with Crippen molar-refractivity contribution >= 4 is 34.1 Å². The standard InChI is InChI=1S/C12H21NO2S2/c1-12(2,3)10(14)4-9-17-11(16)13-5-7-15-8-6-13/h4-9H2,1-3H3. The molecule has 1 saturated heterocycles. The van der Waals surface area contributed by atoms with Gasteiger partial charge < -0.3 is 9.64 Å². The number of morpholine rings is 1. The number of carbonyl (C=O) groups is 1. The first kappa shape index (κ1) is 14.9. The van der Waals surface area contributed by atoms with Crippen LogP contribution in [0, 0.1) is 5.41 Å². The lowest BCUT2D eigenvalue weighted by Gasteiger charge is -2.28. The number of thiocarbonyl (C=S) groups is 1. The number of Topliss-reactive ketones (excluding diaryl/α,β-unsaturated/α-hetero) is 1. The maximum atomic E-state index is 11.7. The third-order valence-electron chi connectivity index (χ3n) is 2.66. The summed E-state index contributed by atoms with van der Waals surface area (Å²) in [6.07, 6.45) is 0.596. The van der Waals surface area contributed by atoms with Crippen LogP contribution in [0.3, 0.4) is 0 Å². The molecule has 1 heterocycles. The van der Waals surface area contributed by atoms with Crippen LogP contribution in [-0.4, -0.2) is 47.1 Å².